The van der Waals surface area contributed by atoms with Gasteiger partial charge < -0.3 is 10.2 Å². The molecule has 0 aliphatic rings. The van der Waals surface area contributed by atoms with E-state index in [1.165, 1.54) is 6.20 Å². The lowest BCUT2D eigenvalue weighted by Gasteiger charge is -2.09. The van der Waals surface area contributed by atoms with Crippen molar-refractivity contribution in [3.8, 4) is 0 Å². The van der Waals surface area contributed by atoms with Gasteiger partial charge in [-0.25, -0.2) is 4.98 Å². The molecule has 5 heteroatoms. The minimum absolute atomic E-state index is 0.177. The van der Waals surface area contributed by atoms with Crippen molar-refractivity contribution in [2.75, 3.05) is 27.2 Å². The second-order valence-corrected chi connectivity index (χ2v) is 3.60. The Morgan fingerprint density at radius 1 is 1.40 bits per heavy atom. The molecule has 82 valence electrons. The zero-order valence-corrected chi connectivity index (χ0v) is 9.32. The van der Waals surface area contributed by atoms with Gasteiger partial charge in [0.15, 0.2) is 0 Å². The van der Waals surface area contributed by atoms with Gasteiger partial charge in [0, 0.05) is 19.3 Å². The molecule has 1 aromatic rings. The highest BCUT2D eigenvalue weighted by atomic mass is 16.1. The van der Waals surface area contributed by atoms with Crippen LogP contribution >= 0.6 is 0 Å². The molecule has 0 aliphatic heterocycles. The monoisotopic (exact) mass is 208 g/mol. The van der Waals surface area contributed by atoms with Gasteiger partial charge in [-0.15, -0.1) is 0 Å². The van der Waals surface area contributed by atoms with Crippen molar-refractivity contribution in [1.29, 1.82) is 0 Å². The Balaban J connectivity index is 2.43. The fourth-order valence-electron chi connectivity index (χ4n) is 0.993. The van der Waals surface area contributed by atoms with E-state index in [1.807, 2.05) is 25.9 Å². The highest BCUT2D eigenvalue weighted by Gasteiger charge is 2.06. The van der Waals surface area contributed by atoms with E-state index < -0.39 is 0 Å². The normalized spacial score (nSPS) is 10.4. The second kappa shape index (κ2) is 5.41. The van der Waals surface area contributed by atoms with Crippen molar-refractivity contribution < 1.29 is 4.79 Å². The Labute approximate surface area is 89.5 Å². The molecule has 0 saturated carbocycles. The predicted octanol–water partition coefficient (Wildman–Crippen LogP) is 0.0764. The Morgan fingerprint density at radius 2 is 2.13 bits per heavy atom. The molecule has 0 atom stereocenters. The molecule has 1 heterocycles. The summed E-state index contributed by atoms with van der Waals surface area (Å²) in [5.74, 6) is -0.177. The zero-order chi connectivity index (χ0) is 11.3. The third-order valence-corrected chi connectivity index (χ3v) is 1.86. The molecule has 0 spiro atoms. The Bertz CT molecular complexity index is 321. The molecular formula is C10H16N4O. The summed E-state index contributed by atoms with van der Waals surface area (Å²) in [6, 6.07) is 0. The van der Waals surface area contributed by atoms with Crippen LogP contribution in [0.25, 0.3) is 0 Å². The van der Waals surface area contributed by atoms with Crippen LogP contribution in [0.5, 0.6) is 0 Å². The highest BCUT2D eigenvalue weighted by Crippen LogP contribution is 1.93. The summed E-state index contributed by atoms with van der Waals surface area (Å²) in [5, 5.41) is 2.77. The fourth-order valence-corrected chi connectivity index (χ4v) is 0.993. The number of carbonyl (C=O) groups excluding carboxylic acids is 1. The van der Waals surface area contributed by atoms with Crippen molar-refractivity contribution in [3.05, 3.63) is 23.8 Å². The van der Waals surface area contributed by atoms with Crippen molar-refractivity contribution in [3.63, 3.8) is 0 Å². The quantitative estimate of drug-likeness (QED) is 0.761. The first-order valence-corrected chi connectivity index (χ1v) is 4.81. The summed E-state index contributed by atoms with van der Waals surface area (Å²) >= 11 is 0. The molecule has 5 nitrogen and oxygen atoms in total. The minimum Gasteiger partial charge on any atom is -0.349 e. The van der Waals surface area contributed by atoms with Gasteiger partial charge in [0.1, 0.15) is 5.69 Å². The van der Waals surface area contributed by atoms with Crippen molar-refractivity contribution in [1.82, 2.24) is 20.2 Å². The average Bonchev–Trinajstić information content (AvgIpc) is 2.18. The number of rotatable bonds is 4. The maximum Gasteiger partial charge on any atom is 0.271 e. The molecular weight excluding hydrogens is 192 g/mol. The van der Waals surface area contributed by atoms with Crippen LogP contribution in [0.2, 0.25) is 0 Å². The molecule has 1 aromatic heterocycles. The van der Waals surface area contributed by atoms with Gasteiger partial charge in [-0.05, 0) is 21.0 Å². The molecule has 0 unspecified atom stereocenters. The summed E-state index contributed by atoms with van der Waals surface area (Å²) in [4.78, 5) is 21.5. The summed E-state index contributed by atoms with van der Waals surface area (Å²) in [6.45, 7) is 3.26. The van der Waals surface area contributed by atoms with Gasteiger partial charge in [-0.2, -0.15) is 0 Å². The summed E-state index contributed by atoms with van der Waals surface area (Å²) in [7, 11) is 3.91. The van der Waals surface area contributed by atoms with Gasteiger partial charge in [0.05, 0.1) is 11.9 Å². The molecule has 1 N–H and O–H groups in total. The summed E-state index contributed by atoms with van der Waals surface area (Å²) < 4.78 is 0. The van der Waals surface area contributed by atoms with Gasteiger partial charge in [0.2, 0.25) is 0 Å². The third kappa shape index (κ3) is 4.03. The number of nitrogens with one attached hydrogen (secondary N) is 1. The number of aryl methyl sites for hydroxylation is 1. The van der Waals surface area contributed by atoms with Crippen molar-refractivity contribution >= 4 is 5.91 Å². The lowest BCUT2D eigenvalue weighted by atomic mass is 10.4. The van der Waals surface area contributed by atoms with E-state index in [1.54, 1.807) is 6.20 Å². The first-order valence-electron chi connectivity index (χ1n) is 4.81. The highest BCUT2D eigenvalue weighted by molar-refractivity contribution is 5.91. The SMILES string of the molecule is Cc1cnc(C(=O)NCCN(C)C)cn1. The molecule has 1 amide bonds. The van der Waals surface area contributed by atoms with Gasteiger partial charge >= 0.3 is 0 Å². The van der Waals surface area contributed by atoms with E-state index in [0.29, 0.717) is 12.2 Å². The number of likely N-dealkylation sites (N-methyl/N-ethyl adjacent to an activating group) is 1. The lowest BCUT2D eigenvalue weighted by molar-refractivity contribution is 0.0945. The van der Waals surface area contributed by atoms with Crippen LogP contribution in [-0.4, -0.2) is 48.0 Å². The Hall–Kier alpha value is -1.49. The Morgan fingerprint density at radius 3 is 2.67 bits per heavy atom. The first kappa shape index (κ1) is 11.6. The van der Waals surface area contributed by atoms with Gasteiger partial charge in [0.25, 0.3) is 5.91 Å². The van der Waals surface area contributed by atoms with Crippen molar-refractivity contribution in [2.45, 2.75) is 6.92 Å². The molecule has 0 aromatic carbocycles. The standard InChI is InChI=1S/C10H16N4O/c1-8-6-13-9(7-12-8)10(15)11-4-5-14(2)3/h6-7H,4-5H2,1-3H3,(H,11,15). The first-order chi connectivity index (χ1) is 7.09. The van der Waals surface area contributed by atoms with E-state index in [9.17, 15) is 4.79 Å². The van der Waals surface area contributed by atoms with E-state index >= 15 is 0 Å². The number of nitrogens with zero attached hydrogens (tertiary/aromatic N) is 3. The molecule has 0 aliphatic carbocycles. The third-order valence-electron chi connectivity index (χ3n) is 1.86. The van der Waals surface area contributed by atoms with Gasteiger partial charge in [-0.1, -0.05) is 0 Å². The fraction of sp³-hybridized carbons (Fsp3) is 0.500. The van der Waals surface area contributed by atoms with Crippen LogP contribution in [0.15, 0.2) is 12.4 Å². The number of carbonyl (C=O) groups is 1. The topological polar surface area (TPSA) is 58.1 Å². The molecule has 0 fully saturated rings. The average molecular weight is 208 g/mol. The molecule has 15 heavy (non-hydrogen) atoms. The summed E-state index contributed by atoms with van der Waals surface area (Å²) in [6.07, 6.45) is 3.07. The van der Waals surface area contributed by atoms with E-state index in [0.717, 1.165) is 12.2 Å². The lowest BCUT2D eigenvalue weighted by Crippen LogP contribution is -2.31. The van der Waals surface area contributed by atoms with Crippen LogP contribution in [-0.2, 0) is 0 Å². The van der Waals surface area contributed by atoms with E-state index in [2.05, 4.69) is 15.3 Å². The molecule has 0 saturated heterocycles. The number of amides is 1. The number of hydrogen-bond donors (Lipinski definition) is 1. The number of hydrogen-bond acceptors (Lipinski definition) is 4. The van der Waals surface area contributed by atoms with Crippen LogP contribution in [0.4, 0.5) is 0 Å². The number of aromatic nitrogens is 2. The maximum atomic E-state index is 11.5. The molecule has 0 radical (unpaired) electrons. The largest absolute Gasteiger partial charge is 0.349 e. The summed E-state index contributed by atoms with van der Waals surface area (Å²) in [5.41, 5.74) is 1.17. The molecule has 0 bridgehead atoms. The van der Waals surface area contributed by atoms with Crippen LogP contribution in [0.1, 0.15) is 16.2 Å². The zero-order valence-electron chi connectivity index (χ0n) is 9.32. The minimum atomic E-state index is -0.177. The van der Waals surface area contributed by atoms with E-state index in [4.69, 9.17) is 0 Å². The smallest absolute Gasteiger partial charge is 0.271 e. The second-order valence-electron chi connectivity index (χ2n) is 3.60. The van der Waals surface area contributed by atoms with Crippen LogP contribution in [0, 0.1) is 6.92 Å². The van der Waals surface area contributed by atoms with Crippen LogP contribution < -0.4 is 5.32 Å². The van der Waals surface area contributed by atoms with E-state index in [-0.39, 0.29) is 5.91 Å². The van der Waals surface area contributed by atoms with Gasteiger partial charge in [-0.3, -0.25) is 9.78 Å². The maximum absolute atomic E-state index is 11.5. The van der Waals surface area contributed by atoms with Crippen molar-refractivity contribution in [2.24, 2.45) is 0 Å². The Kier molecular flexibility index (Phi) is 4.17. The molecule has 1 rings (SSSR count). The predicted molar refractivity (Wildman–Crippen MR) is 57.7 cm³/mol. The van der Waals surface area contributed by atoms with Crippen LogP contribution in [0.3, 0.4) is 0 Å².